The smallest absolute Gasteiger partial charge is 0.223 e. The summed E-state index contributed by atoms with van der Waals surface area (Å²) in [7, 11) is 0. The first kappa shape index (κ1) is 15.5. The van der Waals surface area contributed by atoms with E-state index in [9.17, 15) is 4.79 Å². The fourth-order valence-electron chi connectivity index (χ4n) is 2.88. The number of hydrogen-bond acceptors (Lipinski definition) is 2. The van der Waals surface area contributed by atoms with Crippen molar-refractivity contribution in [2.24, 2.45) is 23.0 Å². The van der Waals surface area contributed by atoms with Crippen LogP contribution in [0.25, 0.3) is 0 Å². The molecular formula is C15H30N2O. The van der Waals surface area contributed by atoms with Gasteiger partial charge in [0, 0.05) is 12.5 Å². The molecule has 0 aliphatic heterocycles. The molecule has 0 bridgehead atoms. The minimum Gasteiger partial charge on any atom is -0.356 e. The van der Waals surface area contributed by atoms with E-state index in [1.807, 2.05) is 0 Å². The first-order valence-electron chi connectivity index (χ1n) is 7.45. The van der Waals surface area contributed by atoms with Crippen LogP contribution in [-0.4, -0.2) is 19.0 Å². The number of rotatable bonds is 6. The van der Waals surface area contributed by atoms with Crippen LogP contribution in [-0.2, 0) is 4.79 Å². The molecule has 0 aromatic heterocycles. The van der Waals surface area contributed by atoms with Gasteiger partial charge in [0.2, 0.25) is 5.91 Å². The monoisotopic (exact) mass is 254 g/mol. The average Bonchev–Trinajstić information content (AvgIpc) is 2.33. The van der Waals surface area contributed by atoms with Gasteiger partial charge >= 0.3 is 0 Å². The Balaban J connectivity index is 2.27. The minimum atomic E-state index is 0.173. The molecule has 2 unspecified atom stereocenters. The summed E-state index contributed by atoms with van der Waals surface area (Å²) >= 11 is 0. The van der Waals surface area contributed by atoms with Crippen molar-refractivity contribution in [3.8, 4) is 0 Å². The van der Waals surface area contributed by atoms with Gasteiger partial charge in [-0.25, -0.2) is 0 Å². The minimum absolute atomic E-state index is 0.173. The Kier molecular flexibility index (Phi) is 6.13. The number of carbonyl (C=O) groups is 1. The van der Waals surface area contributed by atoms with Crippen molar-refractivity contribution in [3.05, 3.63) is 0 Å². The number of carbonyl (C=O) groups excluding carboxylic acids is 1. The summed E-state index contributed by atoms with van der Waals surface area (Å²) in [5.41, 5.74) is 5.75. The van der Waals surface area contributed by atoms with Gasteiger partial charge in [0.05, 0.1) is 0 Å². The van der Waals surface area contributed by atoms with Crippen LogP contribution < -0.4 is 11.1 Å². The van der Waals surface area contributed by atoms with E-state index in [0.717, 1.165) is 32.4 Å². The zero-order valence-corrected chi connectivity index (χ0v) is 12.3. The van der Waals surface area contributed by atoms with Gasteiger partial charge in [0.25, 0.3) is 0 Å². The maximum atomic E-state index is 12.2. The Bertz CT molecular complexity index is 263. The molecule has 0 radical (unpaired) electrons. The molecule has 0 saturated heterocycles. The topological polar surface area (TPSA) is 55.1 Å². The van der Waals surface area contributed by atoms with E-state index in [2.05, 4.69) is 26.1 Å². The van der Waals surface area contributed by atoms with Gasteiger partial charge in [-0.15, -0.1) is 0 Å². The Morgan fingerprint density at radius 3 is 2.78 bits per heavy atom. The zero-order valence-electron chi connectivity index (χ0n) is 12.3. The highest BCUT2D eigenvalue weighted by molar-refractivity contribution is 5.79. The van der Waals surface area contributed by atoms with Crippen LogP contribution in [0.2, 0.25) is 0 Å². The van der Waals surface area contributed by atoms with Crippen LogP contribution in [0, 0.1) is 17.3 Å². The second-order valence-corrected chi connectivity index (χ2v) is 6.56. The molecule has 0 aromatic carbocycles. The highest BCUT2D eigenvalue weighted by Crippen LogP contribution is 2.40. The SMILES string of the molecule is CC(CN)CCCNC(=O)C1CCCCC1(C)C. The standard InChI is InChI=1S/C15H30N2O/c1-12(11-16)7-6-10-17-14(18)13-8-4-5-9-15(13,2)3/h12-13H,4-11,16H2,1-3H3,(H,17,18). The molecular weight excluding hydrogens is 224 g/mol. The number of nitrogens with two attached hydrogens (primary N) is 1. The molecule has 3 nitrogen and oxygen atoms in total. The lowest BCUT2D eigenvalue weighted by atomic mass is 9.68. The third-order valence-corrected chi connectivity index (χ3v) is 4.40. The molecule has 0 spiro atoms. The van der Waals surface area contributed by atoms with Crippen molar-refractivity contribution in [2.45, 2.75) is 59.3 Å². The van der Waals surface area contributed by atoms with Crippen LogP contribution in [0.1, 0.15) is 59.3 Å². The van der Waals surface area contributed by atoms with Crippen molar-refractivity contribution < 1.29 is 4.79 Å². The first-order chi connectivity index (χ1) is 8.47. The van der Waals surface area contributed by atoms with E-state index < -0.39 is 0 Å². The van der Waals surface area contributed by atoms with Crippen LogP contribution in [0.5, 0.6) is 0 Å². The summed E-state index contributed by atoms with van der Waals surface area (Å²) in [4.78, 5) is 12.2. The van der Waals surface area contributed by atoms with Gasteiger partial charge < -0.3 is 11.1 Å². The summed E-state index contributed by atoms with van der Waals surface area (Å²) in [5, 5.41) is 3.11. The summed E-state index contributed by atoms with van der Waals surface area (Å²) in [6.45, 7) is 8.16. The predicted molar refractivity (Wildman–Crippen MR) is 76.2 cm³/mol. The first-order valence-corrected chi connectivity index (χ1v) is 7.45. The Labute approximate surface area is 112 Å². The zero-order chi connectivity index (χ0) is 13.6. The summed E-state index contributed by atoms with van der Waals surface area (Å²) < 4.78 is 0. The third kappa shape index (κ3) is 4.60. The number of amides is 1. The Morgan fingerprint density at radius 1 is 1.44 bits per heavy atom. The Hall–Kier alpha value is -0.570. The molecule has 1 rings (SSSR count). The van der Waals surface area contributed by atoms with E-state index in [1.165, 1.54) is 19.3 Å². The van der Waals surface area contributed by atoms with Gasteiger partial charge in [0.15, 0.2) is 0 Å². The molecule has 1 saturated carbocycles. The van der Waals surface area contributed by atoms with Crippen molar-refractivity contribution >= 4 is 5.91 Å². The molecule has 0 aromatic rings. The van der Waals surface area contributed by atoms with Gasteiger partial charge in [-0.2, -0.15) is 0 Å². The summed E-state index contributed by atoms with van der Waals surface area (Å²) in [5.74, 6) is 1.03. The lowest BCUT2D eigenvalue weighted by Gasteiger charge is -2.37. The molecule has 0 heterocycles. The second kappa shape index (κ2) is 7.13. The predicted octanol–water partition coefficient (Wildman–Crippen LogP) is 2.69. The molecule has 18 heavy (non-hydrogen) atoms. The molecule has 1 aliphatic carbocycles. The largest absolute Gasteiger partial charge is 0.356 e. The fourth-order valence-corrected chi connectivity index (χ4v) is 2.88. The van der Waals surface area contributed by atoms with E-state index in [4.69, 9.17) is 5.73 Å². The van der Waals surface area contributed by atoms with Gasteiger partial charge in [-0.3, -0.25) is 4.79 Å². The summed E-state index contributed by atoms with van der Waals surface area (Å²) in [6.07, 6.45) is 6.84. The van der Waals surface area contributed by atoms with Crippen LogP contribution >= 0.6 is 0 Å². The van der Waals surface area contributed by atoms with E-state index in [1.54, 1.807) is 0 Å². The second-order valence-electron chi connectivity index (χ2n) is 6.56. The van der Waals surface area contributed by atoms with Crippen LogP contribution in [0.4, 0.5) is 0 Å². The number of hydrogen-bond donors (Lipinski definition) is 2. The fraction of sp³-hybridized carbons (Fsp3) is 0.933. The molecule has 106 valence electrons. The lowest BCUT2D eigenvalue weighted by Crippen LogP contribution is -2.41. The van der Waals surface area contributed by atoms with Gasteiger partial charge in [-0.1, -0.05) is 33.6 Å². The molecule has 1 amide bonds. The normalized spacial score (nSPS) is 24.6. The molecule has 3 N–H and O–H groups in total. The maximum absolute atomic E-state index is 12.2. The van der Waals surface area contributed by atoms with Crippen LogP contribution in [0.15, 0.2) is 0 Å². The highest BCUT2D eigenvalue weighted by Gasteiger charge is 2.36. The molecule has 2 atom stereocenters. The van der Waals surface area contributed by atoms with E-state index in [0.29, 0.717) is 5.92 Å². The third-order valence-electron chi connectivity index (χ3n) is 4.40. The van der Waals surface area contributed by atoms with Crippen molar-refractivity contribution in [2.75, 3.05) is 13.1 Å². The van der Waals surface area contributed by atoms with Crippen LogP contribution in [0.3, 0.4) is 0 Å². The van der Waals surface area contributed by atoms with E-state index in [-0.39, 0.29) is 17.2 Å². The van der Waals surface area contributed by atoms with Gasteiger partial charge in [-0.05, 0) is 43.6 Å². The maximum Gasteiger partial charge on any atom is 0.223 e. The van der Waals surface area contributed by atoms with Gasteiger partial charge in [0.1, 0.15) is 0 Å². The summed E-state index contributed by atoms with van der Waals surface area (Å²) in [6, 6.07) is 0. The Morgan fingerprint density at radius 2 is 2.17 bits per heavy atom. The quantitative estimate of drug-likeness (QED) is 0.716. The van der Waals surface area contributed by atoms with Crippen molar-refractivity contribution in [1.29, 1.82) is 0 Å². The van der Waals surface area contributed by atoms with E-state index >= 15 is 0 Å². The molecule has 1 aliphatic rings. The highest BCUT2D eigenvalue weighted by atomic mass is 16.1. The van der Waals surface area contributed by atoms with Crippen molar-refractivity contribution in [3.63, 3.8) is 0 Å². The molecule has 1 fully saturated rings. The number of nitrogens with one attached hydrogen (secondary N) is 1. The lowest BCUT2D eigenvalue weighted by molar-refractivity contribution is -0.130. The molecule has 3 heteroatoms. The average molecular weight is 254 g/mol. The van der Waals surface area contributed by atoms with Crippen molar-refractivity contribution in [1.82, 2.24) is 5.32 Å².